The molecule has 0 aliphatic rings. The molecular weight excluding hydrogens is 625 g/mol. The minimum atomic E-state index is 1.24. The third-order valence-electron chi connectivity index (χ3n) is 11.2. The summed E-state index contributed by atoms with van der Waals surface area (Å²) in [5, 5.41) is 17.8. The van der Waals surface area contributed by atoms with Gasteiger partial charge in [-0.25, -0.2) is 0 Å². The fourth-order valence-electron chi connectivity index (χ4n) is 8.92. The molecule has 0 bridgehead atoms. The highest BCUT2D eigenvalue weighted by atomic mass is 14.2. The van der Waals surface area contributed by atoms with Crippen LogP contribution in [0.2, 0.25) is 0 Å². The van der Waals surface area contributed by atoms with Gasteiger partial charge in [-0.3, -0.25) is 0 Å². The Morgan fingerprint density at radius 2 is 0.635 bits per heavy atom. The summed E-state index contributed by atoms with van der Waals surface area (Å²) in [6, 6.07) is 71.9. The molecule has 0 aliphatic heterocycles. The van der Waals surface area contributed by atoms with E-state index in [1.165, 1.54) is 109 Å². The van der Waals surface area contributed by atoms with Crippen molar-refractivity contribution in [2.24, 2.45) is 0 Å². The standard InChI is InChI=1S/C52H32/c1-2-15-35-31-36(27-25-33(35)13-1)38-29-30-48(41-18-6-5-17-40(38)41)51-44-21-9-11-23-46(44)52(47-24-12-10-22-45(47)51)49-32-37-28-26-34-14-3-4-16-39(34)50(37)43-20-8-7-19-42(43)49/h1-32H. The van der Waals surface area contributed by atoms with Crippen molar-refractivity contribution in [3.63, 3.8) is 0 Å². The molecule has 0 fully saturated rings. The van der Waals surface area contributed by atoms with Crippen LogP contribution in [0.1, 0.15) is 0 Å². The minimum Gasteiger partial charge on any atom is -0.0616 e. The van der Waals surface area contributed by atoms with Crippen LogP contribution in [-0.2, 0) is 0 Å². The molecule has 0 aromatic heterocycles. The molecule has 0 saturated heterocycles. The average Bonchev–Trinajstić information content (AvgIpc) is 3.22. The Balaban J connectivity index is 1.22. The number of hydrogen-bond donors (Lipinski definition) is 0. The van der Waals surface area contributed by atoms with Gasteiger partial charge in [0.1, 0.15) is 0 Å². The van der Waals surface area contributed by atoms with Crippen LogP contribution >= 0.6 is 0 Å². The monoisotopic (exact) mass is 656 g/mol. The fraction of sp³-hybridized carbons (Fsp3) is 0. The van der Waals surface area contributed by atoms with E-state index in [1.54, 1.807) is 0 Å². The highest BCUT2D eigenvalue weighted by molar-refractivity contribution is 6.29. The molecule has 0 heterocycles. The van der Waals surface area contributed by atoms with Gasteiger partial charge in [-0.05, 0) is 121 Å². The van der Waals surface area contributed by atoms with Crippen LogP contribution in [0.4, 0.5) is 0 Å². The fourth-order valence-corrected chi connectivity index (χ4v) is 8.92. The molecular formula is C52H32. The Morgan fingerprint density at radius 3 is 1.29 bits per heavy atom. The van der Waals surface area contributed by atoms with E-state index in [0.717, 1.165) is 0 Å². The van der Waals surface area contributed by atoms with Crippen LogP contribution in [0.15, 0.2) is 194 Å². The van der Waals surface area contributed by atoms with Crippen molar-refractivity contribution in [2.45, 2.75) is 0 Å². The number of benzene rings is 11. The van der Waals surface area contributed by atoms with E-state index in [-0.39, 0.29) is 0 Å². The molecule has 0 atom stereocenters. The zero-order valence-electron chi connectivity index (χ0n) is 28.5. The second kappa shape index (κ2) is 11.4. The third kappa shape index (κ3) is 4.28. The Hall–Kier alpha value is -6.76. The predicted molar refractivity (Wildman–Crippen MR) is 225 cm³/mol. The van der Waals surface area contributed by atoms with Crippen molar-refractivity contribution in [3.05, 3.63) is 194 Å². The molecule has 0 nitrogen and oxygen atoms in total. The second-order valence-corrected chi connectivity index (χ2v) is 14.0. The van der Waals surface area contributed by atoms with E-state index in [9.17, 15) is 0 Å². The van der Waals surface area contributed by atoms with Gasteiger partial charge in [-0.1, -0.05) is 182 Å². The van der Waals surface area contributed by atoms with Gasteiger partial charge < -0.3 is 0 Å². The summed E-state index contributed by atoms with van der Waals surface area (Å²) in [6.07, 6.45) is 0. The van der Waals surface area contributed by atoms with E-state index in [0.29, 0.717) is 0 Å². The van der Waals surface area contributed by atoms with Gasteiger partial charge in [0.25, 0.3) is 0 Å². The van der Waals surface area contributed by atoms with E-state index in [1.807, 2.05) is 0 Å². The highest BCUT2D eigenvalue weighted by Gasteiger charge is 2.21. The van der Waals surface area contributed by atoms with Crippen molar-refractivity contribution in [1.29, 1.82) is 0 Å². The molecule has 0 spiro atoms. The van der Waals surface area contributed by atoms with Crippen LogP contribution in [0, 0.1) is 0 Å². The Bertz CT molecular complexity index is 3180. The van der Waals surface area contributed by atoms with Gasteiger partial charge in [0.15, 0.2) is 0 Å². The van der Waals surface area contributed by atoms with Gasteiger partial charge in [0.05, 0.1) is 0 Å². The van der Waals surface area contributed by atoms with Gasteiger partial charge in [0.2, 0.25) is 0 Å². The topological polar surface area (TPSA) is 0 Å². The third-order valence-corrected chi connectivity index (χ3v) is 11.2. The number of hydrogen-bond acceptors (Lipinski definition) is 0. The van der Waals surface area contributed by atoms with Crippen molar-refractivity contribution >= 4 is 75.4 Å². The second-order valence-electron chi connectivity index (χ2n) is 14.0. The number of rotatable bonds is 3. The molecule has 52 heavy (non-hydrogen) atoms. The highest BCUT2D eigenvalue weighted by Crippen LogP contribution is 2.49. The van der Waals surface area contributed by atoms with E-state index < -0.39 is 0 Å². The smallest absolute Gasteiger partial charge is 0.00199 e. The van der Waals surface area contributed by atoms with Crippen LogP contribution in [0.5, 0.6) is 0 Å². The van der Waals surface area contributed by atoms with E-state index in [2.05, 4.69) is 194 Å². The van der Waals surface area contributed by atoms with Gasteiger partial charge >= 0.3 is 0 Å². The molecule has 0 saturated carbocycles. The number of fused-ring (bicyclic) bond motifs is 9. The van der Waals surface area contributed by atoms with E-state index in [4.69, 9.17) is 0 Å². The molecule has 0 N–H and O–H groups in total. The largest absolute Gasteiger partial charge is 0.0616 e. The maximum Gasteiger partial charge on any atom is -0.00199 e. The van der Waals surface area contributed by atoms with Gasteiger partial charge in [-0.15, -0.1) is 0 Å². The van der Waals surface area contributed by atoms with Gasteiger partial charge in [-0.2, -0.15) is 0 Å². The summed E-state index contributed by atoms with van der Waals surface area (Å²) in [7, 11) is 0. The van der Waals surface area contributed by atoms with E-state index >= 15 is 0 Å². The summed E-state index contributed by atoms with van der Waals surface area (Å²) in [6.45, 7) is 0. The first kappa shape index (κ1) is 29.0. The molecule has 0 aliphatic carbocycles. The Labute approximate surface area is 301 Å². The summed E-state index contributed by atoms with van der Waals surface area (Å²) in [5.41, 5.74) is 7.60. The lowest BCUT2D eigenvalue weighted by Gasteiger charge is -2.21. The van der Waals surface area contributed by atoms with Crippen LogP contribution in [-0.4, -0.2) is 0 Å². The van der Waals surface area contributed by atoms with Crippen molar-refractivity contribution in [2.75, 3.05) is 0 Å². The molecule has 240 valence electrons. The molecule has 11 aromatic rings. The summed E-state index contributed by atoms with van der Waals surface area (Å²) >= 11 is 0. The predicted octanol–water partition coefficient (Wildman–Crippen LogP) is 14.8. The Kier molecular flexibility index (Phi) is 6.35. The van der Waals surface area contributed by atoms with Crippen molar-refractivity contribution in [1.82, 2.24) is 0 Å². The molecule has 0 amide bonds. The lowest BCUT2D eigenvalue weighted by molar-refractivity contribution is 1.66. The average molecular weight is 657 g/mol. The lowest BCUT2D eigenvalue weighted by atomic mass is 9.82. The summed E-state index contributed by atoms with van der Waals surface area (Å²) in [4.78, 5) is 0. The molecule has 0 heteroatoms. The Morgan fingerprint density at radius 1 is 0.212 bits per heavy atom. The van der Waals surface area contributed by atoms with Crippen LogP contribution < -0.4 is 0 Å². The summed E-state index contributed by atoms with van der Waals surface area (Å²) in [5.74, 6) is 0. The molecule has 11 rings (SSSR count). The maximum absolute atomic E-state index is 2.44. The summed E-state index contributed by atoms with van der Waals surface area (Å²) < 4.78 is 0. The van der Waals surface area contributed by atoms with Crippen molar-refractivity contribution < 1.29 is 0 Å². The molecule has 0 unspecified atom stereocenters. The van der Waals surface area contributed by atoms with Crippen LogP contribution in [0.3, 0.4) is 0 Å². The maximum atomic E-state index is 2.44. The first-order chi connectivity index (χ1) is 25.8. The SMILES string of the molecule is c1ccc2cc(-c3ccc(-c4c5ccccc5c(-c5cc6ccc7ccccc7c6c6ccccc56)c5ccccc45)c4ccccc34)ccc2c1. The van der Waals surface area contributed by atoms with Gasteiger partial charge in [0, 0.05) is 0 Å². The molecule has 0 radical (unpaired) electrons. The quantitative estimate of drug-likeness (QED) is 0.131. The first-order valence-electron chi connectivity index (χ1n) is 18.1. The van der Waals surface area contributed by atoms with Crippen molar-refractivity contribution in [3.8, 4) is 33.4 Å². The first-order valence-corrected chi connectivity index (χ1v) is 18.1. The zero-order valence-corrected chi connectivity index (χ0v) is 28.5. The van der Waals surface area contributed by atoms with Crippen LogP contribution in [0.25, 0.3) is 109 Å². The lowest BCUT2D eigenvalue weighted by Crippen LogP contribution is -1.93. The molecule has 11 aromatic carbocycles. The minimum absolute atomic E-state index is 1.24. The normalized spacial score (nSPS) is 11.8. The zero-order chi connectivity index (χ0) is 34.2.